The number of imidazole rings is 1. The maximum absolute atomic E-state index is 4.30. The van der Waals surface area contributed by atoms with Gasteiger partial charge in [-0.15, -0.1) is 11.3 Å². The Hall–Kier alpha value is -1.36. The number of anilines is 1. The third-order valence-electron chi connectivity index (χ3n) is 2.19. The zero-order valence-electron chi connectivity index (χ0n) is 9.55. The molecule has 0 unspecified atom stereocenters. The van der Waals surface area contributed by atoms with E-state index in [1.54, 1.807) is 11.3 Å². The average molecular weight is 236 g/mol. The summed E-state index contributed by atoms with van der Waals surface area (Å²) in [5, 5.41) is 5.34. The molecule has 2 aromatic rings. The largest absolute Gasteiger partial charge is 0.350 e. The molecule has 0 fully saturated rings. The smallest absolute Gasteiger partial charge is 0.203 e. The first-order valence-corrected chi connectivity index (χ1v) is 6.32. The van der Waals surface area contributed by atoms with Crippen molar-refractivity contribution in [3.05, 3.63) is 29.0 Å². The molecule has 1 N–H and O–H groups in total. The van der Waals surface area contributed by atoms with E-state index in [2.05, 4.69) is 33.7 Å². The highest BCUT2D eigenvalue weighted by Gasteiger charge is 2.04. The summed E-state index contributed by atoms with van der Waals surface area (Å²) in [5.41, 5.74) is 2.90. The molecule has 0 atom stereocenters. The second kappa shape index (κ2) is 5.12. The minimum atomic E-state index is 0.619. The molecule has 16 heavy (non-hydrogen) atoms. The van der Waals surface area contributed by atoms with Gasteiger partial charge in [0.25, 0.3) is 0 Å². The third-order valence-corrected chi connectivity index (χ3v) is 2.82. The summed E-state index contributed by atoms with van der Waals surface area (Å²) in [7, 11) is 0. The summed E-state index contributed by atoms with van der Waals surface area (Å²) < 4.78 is 2.14. The molecule has 0 amide bonds. The Morgan fingerprint density at radius 2 is 2.31 bits per heavy atom. The van der Waals surface area contributed by atoms with Crippen LogP contribution in [-0.2, 0) is 13.1 Å². The van der Waals surface area contributed by atoms with Crippen molar-refractivity contribution in [1.82, 2.24) is 14.5 Å². The Balaban J connectivity index is 1.96. The van der Waals surface area contributed by atoms with Crippen molar-refractivity contribution >= 4 is 17.3 Å². The molecule has 0 saturated carbocycles. The number of hydrogen-bond acceptors (Lipinski definition) is 4. The van der Waals surface area contributed by atoms with Crippen LogP contribution in [0.4, 0.5) is 5.95 Å². The van der Waals surface area contributed by atoms with Crippen molar-refractivity contribution in [2.24, 2.45) is 5.92 Å². The van der Waals surface area contributed by atoms with Gasteiger partial charge in [0.15, 0.2) is 0 Å². The molecule has 0 saturated heterocycles. The van der Waals surface area contributed by atoms with Crippen LogP contribution in [0, 0.1) is 5.92 Å². The van der Waals surface area contributed by atoms with Crippen molar-refractivity contribution in [3.63, 3.8) is 0 Å². The molecular formula is C11H16N4S. The predicted molar refractivity (Wildman–Crippen MR) is 66.5 cm³/mol. The van der Waals surface area contributed by atoms with Crippen molar-refractivity contribution < 1.29 is 0 Å². The van der Waals surface area contributed by atoms with Gasteiger partial charge < -0.3 is 9.88 Å². The maximum Gasteiger partial charge on any atom is 0.203 e. The van der Waals surface area contributed by atoms with E-state index in [0.717, 1.165) is 24.7 Å². The lowest BCUT2D eigenvalue weighted by Gasteiger charge is -2.10. The van der Waals surface area contributed by atoms with Crippen molar-refractivity contribution in [2.45, 2.75) is 26.9 Å². The van der Waals surface area contributed by atoms with Crippen LogP contribution in [0.25, 0.3) is 0 Å². The molecular weight excluding hydrogens is 220 g/mol. The van der Waals surface area contributed by atoms with Gasteiger partial charge in [0, 0.05) is 24.3 Å². The SMILES string of the molecule is CC(C)Cn1ccnc1NCc1cscn1. The number of rotatable bonds is 5. The molecule has 0 aliphatic rings. The van der Waals surface area contributed by atoms with Crippen LogP contribution in [-0.4, -0.2) is 14.5 Å². The highest BCUT2D eigenvalue weighted by molar-refractivity contribution is 7.07. The number of nitrogens with one attached hydrogen (secondary N) is 1. The monoisotopic (exact) mass is 236 g/mol. The van der Waals surface area contributed by atoms with Gasteiger partial charge in [-0.3, -0.25) is 0 Å². The third kappa shape index (κ3) is 2.82. The fourth-order valence-electron chi connectivity index (χ4n) is 1.51. The van der Waals surface area contributed by atoms with E-state index in [4.69, 9.17) is 0 Å². The molecule has 0 aliphatic heterocycles. The van der Waals surface area contributed by atoms with E-state index in [0.29, 0.717) is 5.92 Å². The topological polar surface area (TPSA) is 42.7 Å². The number of nitrogens with zero attached hydrogens (tertiary/aromatic N) is 3. The van der Waals surface area contributed by atoms with Crippen molar-refractivity contribution in [3.8, 4) is 0 Å². The highest BCUT2D eigenvalue weighted by Crippen LogP contribution is 2.10. The minimum Gasteiger partial charge on any atom is -0.350 e. The Morgan fingerprint density at radius 1 is 1.44 bits per heavy atom. The van der Waals surface area contributed by atoms with Crippen LogP contribution in [0.15, 0.2) is 23.3 Å². The standard InChI is InChI=1S/C11H16N4S/c1-9(2)6-15-4-3-12-11(15)13-5-10-7-16-8-14-10/h3-4,7-9H,5-6H2,1-2H3,(H,12,13). The molecule has 5 heteroatoms. The quantitative estimate of drug-likeness (QED) is 0.867. The average Bonchev–Trinajstić information content (AvgIpc) is 2.84. The van der Waals surface area contributed by atoms with E-state index in [1.165, 1.54) is 0 Å². The first-order valence-electron chi connectivity index (χ1n) is 5.38. The number of hydrogen-bond donors (Lipinski definition) is 1. The van der Waals surface area contributed by atoms with Gasteiger partial charge in [0.2, 0.25) is 5.95 Å². The van der Waals surface area contributed by atoms with E-state index in [9.17, 15) is 0 Å². The lowest BCUT2D eigenvalue weighted by molar-refractivity contribution is 0.526. The summed E-state index contributed by atoms with van der Waals surface area (Å²) in [4.78, 5) is 8.52. The molecule has 0 aliphatic carbocycles. The van der Waals surface area contributed by atoms with E-state index < -0.39 is 0 Å². The van der Waals surface area contributed by atoms with Crippen LogP contribution in [0.1, 0.15) is 19.5 Å². The molecule has 0 spiro atoms. The Bertz CT molecular complexity index is 419. The maximum atomic E-state index is 4.30. The zero-order valence-corrected chi connectivity index (χ0v) is 10.4. The predicted octanol–water partition coefficient (Wildman–Crippen LogP) is 2.61. The summed E-state index contributed by atoms with van der Waals surface area (Å²) in [5.74, 6) is 1.54. The lowest BCUT2D eigenvalue weighted by atomic mass is 10.2. The zero-order chi connectivity index (χ0) is 11.4. The molecule has 0 aromatic carbocycles. The lowest BCUT2D eigenvalue weighted by Crippen LogP contribution is -2.10. The van der Waals surface area contributed by atoms with Crippen molar-refractivity contribution in [1.29, 1.82) is 0 Å². The summed E-state index contributed by atoms with van der Waals surface area (Å²) >= 11 is 1.61. The van der Waals surface area contributed by atoms with E-state index >= 15 is 0 Å². The minimum absolute atomic E-state index is 0.619. The Kier molecular flexibility index (Phi) is 3.56. The van der Waals surface area contributed by atoms with Crippen LogP contribution in [0.5, 0.6) is 0 Å². The van der Waals surface area contributed by atoms with Gasteiger partial charge in [0.05, 0.1) is 17.7 Å². The molecule has 2 aromatic heterocycles. The Labute approximate surface area is 99.4 Å². The van der Waals surface area contributed by atoms with Gasteiger partial charge in [-0.2, -0.15) is 0 Å². The van der Waals surface area contributed by atoms with E-state index in [-0.39, 0.29) is 0 Å². The van der Waals surface area contributed by atoms with Crippen molar-refractivity contribution in [2.75, 3.05) is 5.32 Å². The van der Waals surface area contributed by atoms with Crippen LogP contribution in [0.2, 0.25) is 0 Å². The molecule has 0 radical (unpaired) electrons. The first-order chi connectivity index (χ1) is 7.75. The Morgan fingerprint density at radius 3 is 3.00 bits per heavy atom. The van der Waals surface area contributed by atoms with Crippen LogP contribution in [0.3, 0.4) is 0 Å². The molecule has 0 bridgehead atoms. The van der Waals surface area contributed by atoms with Gasteiger partial charge in [-0.25, -0.2) is 9.97 Å². The van der Waals surface area contributed by atoms with E-state index in [1.807, 2.05) is 23.3 Å². The summed E-state index contributed by atoms with van der Waals surface area (Å²) in [6.45, 7) is 6.12. The van der Waals surface area contributed by atoms with Gasteiger partial charge >= 0.3 is 0 Å². The summed E-state index contributed by atoms with van der Waals surface area (Å²) in [6.07, 6.45) is 3.83. The molecule has 2 rings (SSSR count). The first kappa shape index (κ1) is 11.1. The molecule has 2 heterocycles. The van der Waals surface area contributed by atoms with Gasteiger partial charge in [-0.1, -0.05) is 13.8 Å². The summed E-state index contributed by atoms with van der Waals surface area (Å²) in [6, 6.07) is 0. The molecule has 86 valence electrons. The van der Waals surface area contributed by atoms with Gasteiger partial charge in [0.1, 0.15) is 0 Å². The second-order valence-corrected chi connectivity index (χ2v) is 4.85. The molecule has 4 nitrogen and oxygen atoms in total. The van der Waals surface area contributed by atoms with Gasteiger partial charge in [-0.05, 0) is 5.92 Å². The fourth-order valence-corrected chi connectivity index (χ4v) is 2.07. The van der Waals surface area contributed by atoms with Crippen LogP contribution >= 0.6 is 11.3 Å². The highest BCUT2D eigenvalue weighted by atomic mass is 32.1. The van der Waals surface area contributed by atoms with Crippen LogP contribution < -0.4 is 5.32 Å². The normalized spacial score (nSPS) is 10.9. The fraction of sp³-hybridized carbons (Fsp3) is 0.455. The number of thiazole rings is 1. The number of aromatic nitrogens is 3. The second-order valence-electron chi connectivity index (χ2n) is 4.13.